The molecule has 0 spiro atoms. The first-order chi connectivity index (χ1) is 8.92. The van der Waals surface area contributed by atoms with E-state index in [9.17, 15) is 0 Å². The van der Waals surface area contributed by atoms with Crippen LogP contribution in [0.15, 0.2) is 24.3 Å². The molecular weight excluding hydrogens is 224 g/mol. The molecule has 3 nitrogen and oxygen atoms in total. The van der Waals surface area contributed by atoms with Gasteiger partial charge in [-0.2, -0.15) is 0 Å². The third-order valence-electron chi connectivity index (χ3n) is 3.92. The number of piperazine rings is 1. The van der Waals surface area contributed by atoms with E-state index >= 15 is 0 Å². The Morgan fingerprint density at radius 1 is 1.00 bits per heavy atom. The van der Waals surface area contributed by atoms with Gasteiger partial charge in [0.2, 0.25) is 0 Å². The Kier molecular flexibility index (Phi) is 3.69. The molecule has 0 aromatic heterocycles. The number of ether oxygens (including phenoxy) is 1. The lowest BCUT2D eigenvalue weighted by Gasteiger charge is -2.29. The van der Waals surface area contributed by atoms with Crippen molar-refractivity contribution < 1.29 is 4.74 Å². The highest BCUT2D eigenvalue weighted by Gasteiger charge is 2.16. The molecule has 1 aromatic carbocycles. The number of anilines is 1. The van der Waals surface area contributed by atoms with E-state index in [1.54, 1.807) is 0 Å². The first-order valence-corrected chi connectivity index (χ1v) is 7.14. The van der Waals surface area contributed by atoms with E-state index < -0.39 is 0 Å². The zero-order valence-electron chi connectivity index (χ0n) is 10.9. The zero-order chi connectivity index (χ0) is 12.2. The smallest absolute Gasteiger partial charge is 0.119 e. The van der Waals surface area contributed by atoms with E-state index in [1.165, 1.54) is 31.4 Å². The SMILES string of the molecule is c1cc(N2CCNCC2)ccc1OC1CCCC1. The van der Waals surface area contributed by atoms with Crippen LogP contribution in [0, 0.1) is 0 Å². The van der Waals surface area contributed by atoms with Gasteiger partial charge in [-0.25, -0.2) is 0 Å². The fourth-order valence-electron chi connectivity index (χ4n) is 2.86. The van der Waals surface area contributed by atoms with Crippen molar-refractivity contribution in [3.05, 3.63) is 24.3 Å². The molecule has 1 N–H and O–H groups in total. The van der Waals surface area contributed by atoms with Crippen LogP contribution in [0.25, 0.3) is 0 Å². The Morgan fingerprint density at radius 2 is 1.67 bits per heavy atom. The van der Waals surface area contributed by atoms with E-state index in [1.807, 2.05) is 0 Å². The van der Waals surface area contributed by atoms with Gasteiger partial charge in [0, 0.05) is 31.9 Å². The fraction of sp³-hybridized carbons (Fsp3) is 0.600. The Hall–Kier alpha value is -1.22. The molecule has 1 aliphatic carbocycles. The van der Waals surface area contributed by atoms with E-state index in [-0.39, 0.29) is 0 Å². The van der Waals surface area contributed by atoms with Crippen molar-refractivity contribution in [2.75, 3.05) is 31.1 Å². The summed E-state index contributed by atoms with van der Waals surface area (Å²) in [5.74, 6) is 1.03. The largest absolute Gasteiger partial charge is 0.490 e. The molecule has 0 unspecified atom stereocenters. The molecule has 1 saturated carbocycles. The number of hydrogen-bond acceptors (Lipinski definition) is 3. The van der Waals surface area contributed by atoms with Crippen LogP contribution in [0.3, 0.4) is 0 Å². The van der Waals surface area contributed by atoms with Gasteiger partial charge in [0.1, 0.15) is 5.75 Å². The summed E-state index contributed by atoms with van der Waals surface area (Å²) in [7, 11) is 0. The summed E-state index contributed by atoms with van der Waals surface area (Å²) in [5, 5.41) is 3.38. The van der Waals surface area contributed by atoms with Crippen molar-refractivity contribution in [2.24, 2.45) is 0 Å². The number of nitrogens with zero attached hydrogens (tertiary/aromatic N) is 1. The third kappa shape index (κ3) is 2.78. The predicted molar refractivity (Wildman–Crippen MR) is 74.4 cm³/mol. The lowest BCUT2D eigenvalue weighted by Crippen LogP contribution is -2.43. The maximum absolute atomic E-state index is 5.99. The highest BCUT2D eigenvalue weighted by Crippen LogP contribution is 2.26. The van der Waals surface area contributed by atoms with E-state index in [0.29, 0.717) is 6.10 Å². The molecule has 0 radical (unpaired) electrons. The summed E-state index contributed by atoms with van der Waals surface area (Å²) in [5.41, 5.74) is 1.32. The van der Waals surface area contributed by atoms with Crippen LogP contribution in [0.4, 0.5) is 5.69 Å². The van der Waals surface area contributed by atoms with Crippen molar-refractivity contribution in [3.63, 3.8) is 0 Å². The summed E-state index contributed by atoms with van der Waals surface area (Å²) >= 11 is 0. The van der Waals surface area contributed by atoms with Gasteiger partial charge in [0.25, 0.3) is 0 Å². The van der Waals surface area contributed by atoms with Gasteiger partial charge in [-0.05, 0) is 49.9 Å². The monoisotopic (exact) mass is 246 g/mol. The minimum Gasteiger partial charge on any atom is -0.490 e. The molecule has 1 aliphatic heterocycles. The minimum atomic E-state index is 0.454. The second-order valence-electron chi connectivity index (χ2n) is 5.26. The highest BCUT2D eigenvalue weighted by molar-refractivity contribution is 5.49. The Morgan fingerprint density at radius 3 is 2.33 bits per heavy atom. The summed E-state index contributed by atoms with van der Waals surface area (Å²) < 4.78 is 5.99. The summed E-state index contributed by atoms with van der Waals surface area (Å²) in [6.45, 7) is 4.37. The molecule has 1 aromatic rings. The maximum Gasteiger partial charge on any atom is 0.119 e. The lowest BCUT2D eigenvalue weighted by atomic mass is 10.2. The Balaban J connectivity index is 1.60. The number of benzene rings is 1. The average Bonchev–Trinajstić information content (AvgIpc) is 2.94. The van der Waals surface area contributed by atoms with Crippen LogP contribution < -0.4 is 15.0 Å². The molecule has 1 saturated heterocycles. The standard InChI is InChI=1S/C15H22N2O/c1-2-4-14(3-1)18-15-7-5-13(6-8-15)17-11-9-16-10-12-17/h5-8,14,16H,1-4,9-12H2. The first-order valence-electron chi connectivity index (χ1n) is 7.14. The van der Waals surface area contributed by atoms with Crippen LogP contribution in [0.2, 0.25) is 0 Å². The van der Waals surface area contributed by atoms with Gasteiger partial charge in [-0.3, -0.25) is 0 Å². The van der Waals surface area contributed by atoms with Gasteiger partial charge >= 0.3 is 0 Å². The van der Waals surface area contributed by atoms with Gasteiger partial charge in [-0.15, -0.1) is 0 Å². The van der Waals surface area contributed by atoms with Crippen molar-refractivity contribution in [1.29, 1.82) is 0 Å². The van der Waals surface area contributed by atoms with Crippen molar-refractivity contribution in [2.45, 2.75) is 31.8 Å². The zero-order valence-corrected chi connectivity index (χ0v) is 10.9. The molecule has 18 heavy (non-hydrogen) atoms. The Labute approximate surface area is 109 Å². The summed E-state index contributed by atoms with van der Waals surface area (Å²) in [6, 6.07) is 8.62. The van der Waals surface area contributed by atoms with Crippen LogP contribution in [-0.4, -0.2) is 32.3 Å². The average molecular weight is 246 g/mol. The molecule has 0 amide bonds. The molecule has 2 aliphatic rings. The third-order valence-corrected chi connectivity index (χ3v) is 3.92. The number of hydrogen-bond donors (Lipinski definition) is 1. The minimum absolute atomic E-state index is 0.454. The predicted octanol–water partition coefficient (Wildman–Crippen LogP) is 2.42. The van der Waals surface area contributed by atoms with Gasteiger partial charge < -0.3 is 15.0 Å². The second kappa shape index (κ2) is 5.61. The quantitative estimate of drug-likeness (QED) is 0.886. The van der Waals surface area contributed by atoms with Gasteiger partial charge in [0.15, 0.2) is 0 Å². The molecule has 3 rings (SSSR count). The van der Waals surface area contributed by atoms with Crippen LogP contribution in [-0.2, 0) is 0 Å². The fourth-order valence-corrected chi connectivity index (χ4v) is 2.86. The van der Waals surface area contributed by atoms with Gasteiger partial charge in [-0.1, -0.05) is 0 Å². The molecule has 0 atom stereocenters. The molecule has 2 fully saturated rings. The topological polar surface area (TPSA) is 24.5 Å². The van der Waals surface area contributed by atoms with Crippen LogP contribution in [0.5, 0.6) is 5.75 Å². The van der Waals surface area contributed by atoms with E-state index in [4.69, 9.17) is 4.74 Å². The van der Waals surface area contributed by atoms with Crippen molar-refractivity contribution in [3.8, 4) is 5.75 Å². The summed E-state index contributed by atoms with van der Waals surface area (Å²) in [6.07, 6.45) is 5.54. The highest BCUT2D eigenvalue weighted by atomic mass is 16.5. The Bertz CT molecular complexity index is 365. The second-order valence-corrected chi connectivity index (χ2v) is 5.26. The summed E-state index contributed by atoms with van der Waals surface area (Å²) in [4.78, 5) is 2.43. The molecule has 0 bridgehead atoms. The maximum atomic E-state index is 5.99. The molecule has 98 valence electrons. The lowest BCUT2D eigenvalue weighted by molar-refractivity contribution is 0.210. The number of rotatable bonds is 3. The number of nitrogens with one attached hydrogen (secondary N) is 1. The van der Waals surface area contributed by atoms with Crippen molar-refractivity contribution >= 4 is 5.69 Å². The normalized spacial score (nSPS) is 21.2. The van der Waals surface area contributed by atoms with Gasteiger partial charge in [0.05, 0.1) is 6.10 Å². The van der Waals surface area contributed by atoms with E-state index in [0.717, 1.165) is 31.9 Å². The van der Waals surface area contributed by atoms with Crippen molar-refractivity contribution in [1.82, 2.24) is 5.32 Å². The molecule has 3 heteroatoms. The molecule has 1 heterocycles. The van der Waals surface area contributed by atoms with Crippen LogP contribution in [0.1, 0.15) is 25.7 Å². The molecular formula is C15H22N2O. The van der Waals surface area contributed by atoms with Crippen LogP contribution >= 0.6 is 0 Å². The van der Waals surface area contributed by atoms with E-state index in [2.05, 4.69) is 34.5 Å². The first kappa shape index (κ1) is 11.8.